The number of carbonyl (C=O) groups excluding carboxylic acids is 1. The first-order valence-electron chi connectivity index (χ1n) is 6.69. The number of hydrogen-bond donors (Lipinski definition) is 1. The van der Waals surface area contributed by atoms with E-state index in [2.05, 4.69) is 0 Å². The monoisotopic (exact) mass is 265 g/mol. The third-order valence-corrected chi connectivity index (χ3v) is 2.77. The van der Waals surface area contributed by atoms with E-state index in [0.717, 1.165) is 24.0 Å². The van der Waals surface area contributed by atoms with Crippen molar-refractivity contribution < 1.29 is 14.3 Å². The third-order valence-electron chi connectivity index (χ3n) is 2.77. The minimum absolute atomic E-state index is 0.0765. The summed E-state index contributed by atoms with van der Waals surface area (Å²) >= 11 is 0. The first-order valence-corrected chi connectivity index (χ1v) is 6.69. The van der Waals surface area contributed by atoms with Crippen molar-refractivity contribution in [1.29, 1.82) is 0 Å². The van der Waals surface area contributed by atoms with Gasteiger partial charge in [-0.25, -0.2) is 4.79 Å². The average Bonchev–Trinajstić information content (AvgIpc) is 2.36. The van der Waals surface area contributed by atoms with Gasteiger partial charge >= 0.3 is 5.97 Å². The van der Waals surface area contributed by atoms with Crippen molar-refractivity contribution in [2.24, 2.45) is 5.73 Å². The second-order valence-electron chi connectivity index (χ2n) is 4.69. The molecule has 0 heterocycles. The van der Waals surface area contributed by atoms with E-state index in [1.807, 2.05) is 39.0 Å². The van der Waals surface area contributed by atoms with Crippen LogP contribution in [-0.4, -0.2) is 19.2 Å². The van der Waals surface area contributed by atoms with Gasteiger partial charge in [-0.3, -0.25) is 0 Å². The van der Waals surface area contributed by atoms with Crippen LogP contribution in [0.5, 0.6) is 5.75 Å². The van der Waals surface area contributed by atoms with Crippen LogP contribution < -0.4 is 10.5 Å². The summed E-state index contributed by atoms with van der Waals surface area (Å²) in [6.07, 6.45) is 1.88. The van der Waals surface area contributed by atoms with Crippen molar-refractivity contribution in [3.8, 4) is 5.75 Å². The first kappa shape index (κ1) is 15.5. The second kappa shape index (κ2) is 7.79. The van der Waals surface area contributed by atoms with Crippen molar-refractivity contribution >= 4 is 5.97 Å². The second-order valence-corrected chi connectivity index (χ2v) is 4.69. The van der Waals surface area contributed by atoms with E-state index >= 15 is 0 Å². The Bertz CT molecular complexity index is 416. The largest absolute Gasteiger partial charge is 0.482 e. The highest BCUT2D eigenvalue weighted by Gasteiger charge is 2.10. The summed E-state index contributed by atoms with van der Waals surface area (Å²) in [5.74, 6) is 0.313. The number of hydrogen-bond acceptors (Lipinski definition) is 4. The van der Waals surface area contributed by atoms with Gasteiger partial charge in [0.25, 0.3) is 0 Å². The third kappa shape index (κ3) is 5.30. The fraction of sp³-hybridized carbons (Fsp3) is 0.533. The zero-order chi connectivity index (χ0) is 14.3. The lowest BCUT2D eigenvalue weighted by Crippen LogP contribution is -2.17. The molecule has 0 aliphatic rings. The van der Waals surface area contributed by atoms with Gasteiger partial charge in [-0.1, -0.05) is 25.5 Å². The molecule has 1 unspecified atom stereocenters. The molecule has 0 fully saturated rings. The molecule has 1 rings (SSSR count). The molecule has 4 nitrogen and oxygen atoms in total. The predicted molar refractivity (Wildman–Crippen MR) is 75.1 cm³/mol. The van der Waals surface area contributed by atoms with Gasteiger partial charge in [-0.15, -0.1) is 0 Å². The van der Waals surface area contributed by atoms with Gasteiger partial charge in [0.05, 0.1) is 6.61 Å². The summed E-state index contributed by atoms with van der Waals surface area (Å²) in [7, 11) is 0. The van der Waals surface area contributed by atoms with Crippen molar-refractivity contribution in [1.82, 2.24) is 0 Å². The van der Waals surface area contributed by atoms with E-state index in [-0.39, 0.29) is 18.6 Å². The topological polar surface area (TPSA) is 61.5 Å². The number of aryl methyl sites for hydroxylation is 1. The van der Waals surface area contributed by atoms with E-state index in [9.17, 15) is 4.79 Å². The molecule has 0 aromatic heterocycles. The van der Waals surface area contributed by atoms with Gasteiger partial charge in [-0.2, -0.15) is 0 Å². The molecule has 0 saturated heterocycles. The smallest absolute Gasteiger partial charge is 0.344 e. The van der Waals surface area contributed by atoms with E-state index in [4.69, 9.17) is 15.2 Å². The molecule has 1 aromatic rings. The summed E-state index contributed by atoms with van der Waals surface area (Å²) in [4.78, 5) is 11.5. The summed E-state index contributed by atoms with van der Waals surface area (Å²) < 4.78 is 10.6. The summed E-state index contributed by atoms with van der Waals surface area (Å²) in [5, 5.41) is 0. The van der Waals surface area contributed by atoms with Crippen LogP contribution in [0.25, 0.3) is 0 Å². The highest BCUT2D eigenvalue weighted by Crippen LogP contribution is 2.25. The van der Waals surface area contributed by atoms with Gasteiger partial charge in [0, 0.05) is 11.6 Å². The highest BCUT2D eigenvalue weighted by molar-refractivity contribution is 5.71. The van der Waals surface area contributed by atoms with E-state index < -0.39 is 0 Å². The molecule has 0 spiro atoms. The maximum absolute atomic E-state index is 11.5. The molecular formula is C15H23NO3. The van der Waals surface area contributed by atoms with Crippen LogP contribution in [0.1, 0.15) is 43.9 Å². The first-order chi connectivity index (χ1) is 9.04. The number of rotatable bonds is 7. The quantitative estimate of drug-likeness (QED) is 0.608. The molecule has 0 aliphatic carbocycles. The fourth-order valence-electron chi connectivity index (χ4n) is 1.65. The Morgan fingerprint density at radius 3 is 2.79 bits per heavy atom. The van der Waals surface area contributed by atoms with Gasteiger partial charge in [-0.05, 0) is 31.9 Å². The number of carbonyl (C=O) groups is 1. The van der Waals surface area contributed by atoms with Crippen molar-refractivity contribution in [3.63, 3.8) is 0 Å². The molecule has 1 aromatic carbocycles. The molecule has 19 heavy (non-hydrogen) atoms. The summed E-state index contributed by atoms with van der Waals surface area (Å²) in [6.45, 7) is 6.28. The van der Waals surface area contributed by atoms with Gasteiger partial charge in [0.2, 0.25) is 0 Å². The van der Waals surface area contributed by atoms with Crippen molar-refractivity contribution in [3.05, 3.63) is 29.3 Å². The van der Waals surface area contributed by atoms with Crippen LogP contribution in [0.15, 0.2) is 18.2 Å². The van der Waals surface area contributed by atoms with Crippen LogP contribution in [-0.2, 0) is 9.53 Å². The van der Waals surface area contributed by atoms with E-state index in [0.29, 0.717) is 12.4 Å². The molecule has 4 heteroatoms. The lowest BCUT2D eigenvalue weighted by molar-refractivity contribution is -0.146. The normalized spacial score (nSPS) is 12.0. The zero-order valence-electron chi connectivity index (χ0n) is 11.9. The van der Waals surface area contributed by atoms with Crippen LogP contribution in [0.4, 0.5) is 0 Å². The lowest BCUT2D eigenvalue weighted by Gasteiger charge is -2.14. The maximum atomic E-state index is 11.5. The van der Waals surface area contributed by atoms with Gasteiger partial charge < -0.3 is 15.2 Å². The minimum Gasteiger partial charge on any atom is -0.482 e. The molecule has 1 atom stereocenters. The molecule has 0 aliphatic heterocycles. The fourth-order valence-corrected chi connectivity index (χ4v) is 1.65. The SMILES string of the molecule is CCCCOC(=O)COc1cc(C)ccc1C(C)N. The van der Waals surface area contributed by atoms with E-state index in [1.54, 1.807) is 0 Å². The minimum atomic E-state index is -0.342. The zero-order valence-corrected chi connectivity index (χ0v) is 11.9. The van der Waals surface area contributed by atoms with Crippen molar-refractivity contribution in [2.45, 2.75) is 39.7 Å². The predicted octanol–water partition coefficient (Wildman–Crippen LogP) is 2.74. The van der Waals surface area contributed by atoms with Gasteiger partial charge in [0.15, 0.2) is 6.61 Å². The Labute approximate surface area is 114 Å². The van der Waals surface area contributed by atoms with E-state index in [1.165, 1.54) is 0 Å². The molecule has 0 radical (unpaired) electrons. The molecule has 2 N–H and O–H groups in total. The number of esters is 1. The summed E-state index contributed by atoms with van der Waals surface area (Å²) in [6, 6.07) is 5.66. The number of nitrogens with two attached hydrogens (primary N) is 1. The Morgan fingerprint density at radius 2 is 2.16 bits per heavy atom. The Kier molecular flexibility index (Phi) is 6.36. The number of ether oxygens (including phenoxy) is 2. The van der Waals surface area contributed by atoms with Crippen LogP contribution in [0.2, 0.25) is 0 Å². The summed E-state index contributed by atoms with van der Waals surface area (Å²) in [5.41, 5.74) is 7.84. The van der Waals surface area contributed by atoms with Gasteiger partial charge in [0.1, 0.15) is 5.75 Å². The molecule has 0 saturated carbocycles. The lowest BCUT2D eigenvalue weighted by atomic mass is 10.1. The highest BCUT2D eigenvalue weighted by atomic mass is 16.6. The average molecular weight is 265 g/mol. The molecule has 0 amide bonds. The molecule has 0 bridgehead atoms. The number of benzene rings is 1. The number of unbranched alkanes of at least 4 members (excludes halogenated alkanes) is 1. The molecular weight excluding hydrogens is 242 g/mol. The standard InChI is InChI=1S/C15H23NO3/c1-4-5-8-18-15(17)10-19-14-9-11(2)6-7-13(14)12(3)16/h6-7,9,12H,4-5,8,10,16H2,1-3H3. The van der Waals surface area contributed by atoms with Crippen LogP contribution >= 0.6 is 0 Å². The van der Waals surface area contributed by atoms with Crippen LogP contribution in [0, 0.1) is 6.92 Å². The Balaban J connectivity index is 2.56. The molecule has 106 valence electrons. The van der Waals surface area contributed by atoms with Crippen molar-refractivity contribution in [2.75, 3.05) is 13.2 Å². The Hall–Kier alpha value is -1.55. The Morgan fingerprint density at radius 1 is 1.42 bits per heavy atom. The maximum Gasteiger partial charge on any atom is 0.344 e. The van der Waals surface area contributed by atoms with Crippen LogP contribution in [0.3, 0.4) is 0 Å².